The molecule has 0 bridgehead atoms. The summed E-state index contributed by atoms with van der Waals surface area (Å²) >= 11 is 0. The van der Waals surface area contributed by atoms with E-state index >= 15 is 0 Å². The van der Waals surface area contributed by atoms with Gasteiger partial charge in [0.1, 0.15) is 17.1 Å². The number of fused-ring (bicyclic) bond motifs is 2. The number of rotatable bonds is 7. The molecule has 40 heavy (non-hydrogen) atoms. The Labute approximate surface area is 228 Å². The Morgan fingerprint density at radius 1 is 1.10 bits per heavy atom. The van der Waals surface area contributed by atoms with Crippen molar-refractivity contribution in [1.29, 1.82) is 0 Å². The number of azo groups is 1. The number of H-pyrrole nitrogens is 2. The van der Waals surface area contributed by atoms with Crippen LogP contribution in [-0.4, -0.2) is 43.6 Å². The summed E-state index contributed by atoms with van der Waals surface area (Å²) in [4.78, 5) is 30.3. The number of nitrogens with one attached hydrogen (secondary N) is 4. The molecule has 1 aliphatic rings. The molecule has 1 heterocycles. The lowest BCUT2D eigenvalue weighted by atomic mass is 9.99. The SMILES string of the molecule is CNS(=O)(=O)C1=CC(OC)=C(/N=N/c2c(O)c(C(=O)Nc3ccc4[nH]c(=O)[nH]c4c3)cc3ccccc23)CC1C. The molecule has 5 rings (SSSR count). The second-order valence-corrected chi connectivity index (χ2v) is 11.1. The van der Waals surface area contributed by atoms with Crippen LogP contribution in [0.4, 0.5) is 11.4 Å². The number of allylic oxidation sites excluding steroid dienone is 3. The van der Waals surface area contributed by atoms with E-state index < -0.39 is 21.8 Å². The van der Waals surface area contributed by atoms with E-state index in [1.165, 1.54) is 20.2 Å². The fourth-order valence-electron chi connectivity index (χ4n) is 4.58. The number of sulfonamides is 1. The first kappa shape index (κ1) is 26.8. The maximum atomic E-state index is 13.3. The largest absolute Gasteiger partial charge is 0.505 e. The molecule has 12 nitrogen and oxygen atoms in total. The fourth-order valence-corrected chi connectivity index (χ4v) is 5.69. The minimum atomic E-state index is -3.67. The van der Waals surface area contributed by atoms with Crippen LogP contribution >= 0.6 is 0 Å². The van der Waals surface area contributed by atoms with Crippen molar-refractivity contribution >= 4 is 49.1 Å². The first-order valence-electron chi connectivity index (χ1n) is 12.2. The van der Waals surface area contributed by atoms with Gasteiger partial charge in [0, 0.05) is 17.5 Å². The Balaban J connectivity index is 1.54. The second-order valence-electron chi connectivity index (χ2n) is 9.21. The van der Waals surface area contributed by atoms with Crippen molar-refractivity contribution in [2.24, 2.45) is 16.1 Å². The zero-order valence-corrected chi connectivity index (χ0v) is 22.6. The van der Waals surface area contributed by atoms with Gasteiger partial charge in [-0.1, -0.05) is 31.2 Å². The minimum absolute atomic E-state index is 0.0319. The van der Waals surface area contributed by atoms with Crippen LogP contribution in [0.25, 0.3) is 21.8 Å². The van der Waals surface area contributed by atoms with E-state index in [1.54, 1.807) is 55.5 Å². The van der Waals surface area contributed by atoms with Crippen LogP contribution in [-0.2, 0) is 14.8 Å². The molecular formula is C27H26N6O6S. The molecule has 0 saturated carbocycles. The van der Waals surface area contributed by atoms with Crippen molar-refractivity contribution in [2.75, 3.05) is 19.5 Å². The van der Waals surface area contributed by atoms with Crippen LogP contribution in [0.5, 0.6) is 5.75 Å². The van der Waals surface area contributed by atoms with Gasteiger partial charge in [0.2, 0.25) is 10.0 Å². The molecule has 1 unspecified atom stereocenters. The quantitative estimate of drug-likeness (QED) is 0.209. The van der Waals surface area contributed by atoms with E-state index in [2.05, 4.69) is 30.2 Å². The van der Waals surface area contributed by atoms with Gasteiger partial charge in [0.25, 0.3) is 5.91 Å². The van der Waals surface area contributed by atoms with E-state index in [0.717, 1.165) is 0 Å². The van der Waals surface area contributed by atoms with Crippen molar-refractivity contribution < 1.29 is 23.1 Å². The first-order valence-corrected chi connectivity index (χ1v) is 13.7. The maximum Gasteiger partial charge on any atom is 0.323 e. The molecule has 0 spiro atoms. The van der Waals surface area contributed by atoms with Gasteiger partial charge >= 0.3 is 5.69 Å². The summed E-state index contributed by atoms with van der Waals surface area (Å²) in [6.45, 7) is 1.75. The van der Waals surface area contributed by atoms with Crippen molar-refractivity contribution in [2.45, 2.75) is 13.3 Å². The van der Waals surface area contributed by atoms with E-state index in [9.17, 15) is 23.1 Å². The fraction of sp³-hybridized carbons (Fsp3) is 0.185. The molecule has 206 valence electrons. The normalized spacial score (nSPS) is 16.1. The average molecular weight is 563 g/mol. The van der Waals surface area contributed by atoms with Crippen LogP contribution < -0.4 is 15.7 Å². The standard InChI is InChI=1S/C27H26N6O6S/c1-14-10-21(22(39-3)13-23(14)40(37,38)28-2)32-33-24-17-7-5-4-6-15(17)11-18(25(24)34)26(35)29-16-8-9-19-20(12-16)31-27(36)30-19/h4-9,11-14,28,34H,10H2,1-3H3,(H,29,35)(H2,30,31,36)/b33-32+. The molecule has 0 radical (unpaired) electrons. The van der Waals surface area contributed by atoms with Crippen LogP contribution in [0.1, 0.15) is 23.7 Å². The highest BCUT2D eigenvalue weighted by atomic mass is 32.2. The third-order valence-electron chi connectivity index (χ3n) is 6.63. The van der Waals surface area contributed by atoms with Gasteiger partial charge in [-0.2, -0.15) is 5.11 Å². The molecule has 4 aromatic rings. The highest BCUT2D eigenvalue weighted by molar-refractivity contribution is 7.93. The van der Waals surface area contributed by atoms with Crippen molar-refractivity contribution in [3.8, 4) is 5.75 Å². The number of aromatic nitrogens is 2. The number of imidazole rings is 1. The predicted molar refractivity (Wildman–Crippen MR) is 151 cm³/mol. The number of amides is 1. The summed E-state index contributed by atoms with van der Waals surface area (Å²) in [5.41, 5.74) is 1.58. The van der Waals surface area contributed by atoms with Gasteiger partial charge in [-0.25, -0.2) is 17.9 Å². The number of aromatic hydroxyl groups is 1. The topological polar surface area (TPSA) is 178 Å². The van der Waals surface area contributed by atoms with Crippen molar-refractivity contribution in [3.05, 3.63) is 87.0 Å². The highest BCUT2D eigenvalue weighted by Gasteiger charge is 2.29. The molecule has 0 aliphatic heterocycles. The number of ether oxygens (including phenoxy) is 1. The molecule has 1 aromatic heterocycles. The summed E-state index contributed by atoms with van der Waals surface area (Å²) in [5, 5.41) is 23.8. The molecule has 0 fully saturated rings. The van der Waals surface area contributed by atoms with Gasteiger partial charge in [-0.3, -0.25) is 4.79 Å². The number of phenols is 1. The van der Waals surface area contributed by atoms with Crippen LogP contribution in [0.3, 0.4) is 0 Å². The first-order chi connectivity index (χ1) is 19.1. The van der Waals surface area contributed by atoms with Gasteiger partial charge in [-0.05, 0) is 48.7 Å². The van der Waals surface area contributed by atoms with E-state index in [1.807, 2.05) is 0 Å². The lowest BCUT2D eigenvalue weighted by Gasteiger charge is -2.22. The van der Waals surface area contributed by atoms with Gasteiger partial charge in [0.05, 0.1) is 28.6 Å². The molecule has 1 aliphatic carbocycles. The number of carbonyl (C=O) groups excluding carboxylic acids is 1. The number of benzene rings is 3. The number of carbonyl (C=O) groups is 1. The van der Waals surface area contributed by atoms with Crippen LogP contribution in [0.15, 0.2) is 86.0 Å². The van der Waals surface area contributed by atoms with Crippen molar-refractivity contribution in [1.82, 2.24) is 14.7 Å². The Morgan fingerprint density at radius 2 is 1.85 bits per heavy atom. The smallest absolute Gasteiger partial charge is 0.323 e. The summed E-state index contributed by atoms with van der Waals surface area (Å²) in [5.74, 6) is -1.15. The summed E-state index contributed by atoms with van der Waals surface area (Å²) < 4.78 is 32.5. The van der Waals surface area contributed by atoms with E-state index in [0.29, 0.717) is 33.2 Å². The molecule has 0 saturated heterocycles. The molecule has 3 aromatic carbocycles. The zero-order chi connectivity index (χ0) is 28.6. The molecular weight excluding hydrogens is 536 g/mol. The van der Waals surface area contributed by atoms with Gasteiger partial charge in [0.15, 0.2) is 5.75 Å². The predicted octanol–water partition coefficient (Wildman–Crippen LogP) is 4.38. The summed E-state index contributed by atoms with van der Waals surface area (Å²) in [7, 11) is -0.931. The maximum absolute atomic E-state index is 13.3. The lowest BCUT2D eigenvalue weighted by Crippen LogP contribution is -2.26. The van der Waals surface area contributed by atoms with Crippen molar-refractivity contribution in [3.63, 3.8) is 0 Å². The number of methoxy groups -OCH3 is 1. The van der Waals surface area contributed by atoms with Gasteiger partial charge in [-0.15, -0.1) is 5.11 Å². The monoisotopic (exact) mass is 562 g/mol. The van der Waals surface area contributed by atoms with Crippen LogP contribution in [0.2, 0.25) is 0 Å². The van der Waals surface area contributed by atoms with E-state index in [4.69, 9.17) is 4.74 Å². The number of hydrogen-bond donors (Lipinski definition) is 5. The Hall–Kier alpha value is -4.75. The molecule has 5 N–H and O–H groups in total. The average Bonchev–Trinajstić information content (AvgIpc) is 3.31. The Bertz CT molecular complexity index is 1920. The van der Waals surface area contributed by atoms with Gasteiger partial charge < -0.3 is 25.1 Å². The highest BCUT2D eigenvalue weighted by Crippen LogP contribution is 2.40. The Kier molecular flexibility index (Phi) is 7.00. The number of nitrogens with zero attached hydrogens (tertiary/aromatic N) is 2. The second kappa shape index (κ2) is 10.4. The van der Waals surface area contributed by atoms with Crippen LogP contribution in [0, 0.1) is 5.92 Å². The number of phenolic OH excluding ortho intramolecular Hbond substituents is 1. The van der Waals surface area contributed by atoms with E-state index in [-0.39, 0.29) is 39.8 Å². The number of anilines is 1. The lowest BCUT2D eigenvalue weighted by molar-refractivity contribution is 0.102. The zero-order valence-electron chi connectivity index (χ0n) is 21.8. The molecule has 13 heteroatoms. The third kappa shape index (κ3) is 4.99. The number of hydrogen-bond acceptors (Lipinski definition) is 8. The number of aromatic amines is 2. The third-order valence-corrected chi connectivity index (χ3v) is 8.30. The minimum Gasteiger partial charge on any atom is -0.505 e. The molecule has 1 atom stereocenters. The molecule has 1 amide bonds. The summed E-state index contributed by atoms with van der Waals surface area (Å²) in [6, 6.07) is 13.5. The summed E-state index contributed by atoms with van der Waals surface area (Å²) in [6.07, 6.45) is 1.63. The Morgan fingerprint density at radius 3 is 2.60 bits per heavy atom.